The molecule has 0 bridgehead atoms. The maximum absolute atomic E-state index is 12.6. The zero-order valence-electron chi connectivity index (χ0n) is 13.9. The van der Waals surface area contributed by atoms with Gasteiger partial charge in [0, 0.05) is 24.2 Å². The van der Waals surface area contributed by atoms with Crippen LogP contribution in [0, 0.1) is 24.2 Å². The minimum atomic E-state index is 0.0215. The van der Waals surface area contributed by atoms with Gasteiger partial charge in [0.05, 0.1) is 6.54 Å². The number of aryl methyl sites for hydroxylation is 1. The second kappa shape index (κ2) is 6.78. The third-order valence-electron chi connectivity index (χ3n) is 3.96. The molecule has 0 heterocycles. The van der Waals surface area contributed by atoms with Gasteiger partial charge in [-0.1, -0.05) is 38.7 Å². The van der Waals surface area contributed by atoms with Crippen molar-refractivity contribution in [2.24, 2.45) is 11.1 Å². The van der Waals surface area contributed by atoms with Crippen molar-refractivity contribution in [2.45, 2.75) is 40.7 Å². The Kier molecular flexibility index (Phi) is 5.57. The van der Waals surface area contributed by atoms with Gasteiger partial charge in [0.1, 0.15) is 0 Å². The van der Waals surface area contributed by atoms with E-state index in [1.807, 2.05) is 32.2 Å². The molecule has 0 aliphatic carbocycles. The first kappa shape index (κ1) is 17.3. The Labute approximate surface area is 128 Å². The van der Waals surface area contributed by atoms with E-state index >= 15 is 0 Å². The van der Waals surface area contributed by atoms with Crippen molar-refractivity contribution >= 4 is 5.91 Å². The summed E-state index contributed by atoms with van der Waals surface area (Å²) in [6, 6.07) is 5.79. The summed E-state index contributed by atoms with van der Waals surface area (Å²) in [6.07, 6.45) is 0. The second-order valence-electron chi connectivity index (χ2n) is 6.49. The van der Waals surface area contributed by atoms with E-state index in [0.29, 0.717) is 12.1 Å². The van der Waals surface area contributed by atoms with Crippen molar-refractivity contribution in [1.29, 1.82) is 0 Å². The van der Waals surface area contributed by atoms with Gasteiger partial charge in [-0.15, -0.1) is 0 Å². The lowest BCUT2D eigenvalue weighted by Gasteiger charge is -2.35. The Bertz CT molecular complexity index is 573. The fourth-order valence-electron chi connectivity index (χ4n) is 2.00. The standard InChI is InChI=1S/C18H26N2O/c1-13-9-10-16(12-15(13)8-7-11-19)17(21)20(6)14(2)18(3,4)5/h9-10,12,14H,11,19H2,1-6H3. The van der Waals surface area contributed by atoms with Crippen LogP contribution in [0.15, 0.2) is 18.2 Å². The number of carbonyl (C=O) groups excluding carboxylic acids is 1. The van der Waals surface area contributed by atoms with Crippen LogP contribution in [0.25, 0.3) is 0 Å². The van der Waals surface area contributed by atoms with E-state index in [9.17, 15) is 4.79 Å². The average Bonchev–Trinajstić information content (AvgIpc) is 2.43. The summed E-state index contributed by atoms with van der Waals surface area (Å²) in [7, 11) is 1.85. The normalized spacial score (nSPS) is 12.3. The van der Waals surface area contributed by atoms with Crippen molar-refractivity contribution in [3.63, 3.8) is 0 Å². The molecule has 3 heteroatoms. The first-order valence-corrected chi connectivity index (χ1v) is 7.25. The number of nitrogens with two attached hydrogens (primary N) is 1. The molecule has 0 spiro atoms. The highest BCUT2D eigenvalue weighted by atomic mass is 16.2. The van der Waals surface area contributed by atoms with Gasteiger partial charge in [-0.3, -0.25) is 4.79 Å². The van der Waals surface area contributed by atoms with Crippen LogP contribution in [0.3, 0.4) is 0 Å². The van der Waals surface area contributed by atoms with Gasteiger partial charge in [0.25, 0.3) is 5.91 Å². The molecule has 21 heavy (non-hydrogen) atoms. The molecule has 1 aromatic carbocycles. The lowest BCUT2D eigenvalue weighted by atomic mass is 9.87. The lowest BCUT2D eigenvalue weighted by Crippen LogP contribution is -2.43. The van der Waals surface area contributed by atoms with Crippen LogP contribution in [-0.4, -0.2) is 30.4 Å². The van der Waals surface area contributed by atoms with Gasteiger partial charge in [0.15, 0.2) is 0 Å². The van der Waals surface area contributed by atoms with Gasteiger partial charge in [0.2, 0.25) is 0 Å². The van der Waals surface area contributed by atoms with Gasteiger partial charge >= 0.3 is 0 Å². The maximum Gasteiger partial charge on any atom is 0.253 e. The third-order valence-corrected chi connectivity index (χ3v) is 3.96. The molecule has 0 aromatic heterocycles. The second-order valence-corrected chi connectivity index (χ2v) is 6.49. The van der Waals surface area contributed by atoms with Crippen LogP contribution < -0.4 is 5.73 Å². The van der Waals surface area contributed by atoms with Crippen molar-refractivity contribution in [1.82, 2.24) is 4.90 Å². The maximum atomic E-state index is 12.6. The largest absolute Gasteiger partial charge is 0.338 e. The fraction of sp³-hybridized carbons (Fsp3) is 0.500. The summed E-state index contributed by atoms with van der Waals surface area (Å²) in [4.78, 5) is 14.4. The molecule has 3 nitrogen and oxygen atoms in total. The van der Waals surface area contributed by atoms with Gasteiger partial charge in [-0.2, -0.15) is 0 Å². The Hall–Kier alpha value is -1.79. The minimum Gasteiger partial charge on any atom is -0.338 e. The molecule has 1 aromatic rings. The van der Waals surface area contributed by atoms with Crippen LogP contribution >= 0.6 is 0 Å². The average molecular weight is 286 g/mol. The highest BCUT2D eigenvalue weighted by molar-refractivity contribution is 5.94. The zero-order chi connectivity index (χ0) is 16.2. The Morgan fingerprint density at radius 2 is 2.00 bits per heavy atom. The van der Waals surface area contributed by atoms with Crippen molar-refractivity contribution in [3.05, 3.63) is 34.9 Å². The van der Waals surface area contributed by atoms with E-state index in [1.165, 1.54) is 0 Å². The van der Waals surface area contributed by atoms with E-state index in [2.05, 4.69) is 39.5 Å². The summed E-state index contributed by atoms with van der Waals surface area (Å²) in [5, 5.41) is 0. The van der Waals surface area contributed by atoms with Gasteiger partial charge in [-0.25, -0.2) is 0 Å². The molecule has 0 saturated heterocycles. The van der Waals surface area contributed by atoms with Crippen molar-refractivity contribution in [2.75, 3.05) is 13.6 Å². The zero-order valence-corrected chi connectivity index (χ0v) is 13.9. The number of rotatable bonds is 2. The van der Waals surface area contributed by atoms with E-state index in [-0.39, 0.29) is 17.4 Å². The van der Waals surface area contributed by atoms with Crippen molar-refractivity contribution < 1.29 is 4.79 Å². The molecule has 0 saturated carbocycles. The summed E-state index contributed by atoms with van der Waals surface area (Å²) in [5.41, 5.74) is 8.04. The molecular weight excluding hydrogens is 260 g/mol. The highest BCUT2D eigenvalue weighted by Gasteiger charge is 2.27. The first-order valence-electron chi connectivity index (χ1n) is 7.25. The van der Waals surface area contributed by atoms with Crippen molar-refractivity contribution in [3.8, 4) is 11.8 Å². The van der Waals surface area contributed by atoms with Gasteiger partial charge in [-0.05, 0) is 37.0 Å². The molecule has 0 fully saturated rings. The lowest BCUT2D eigenvalue weighted by molar-refractivity contribution is 0.0629. The number of hydrogen-bond acceptors (Lipinski definition) is 2. The predicted octanol–water partition coefficient (Wildman–Crippen LogP) is 2.81. The molecule has 2 N–H and O–H groups in total. The first-order chi connectivity index (χ1) is 9.68. The van der Waals surface area contributed by atoms with E-state index in [0.717, 1.165) is 11.1 Å². The van der Waals surface area contributed by atoms with E-state index < -0.39 is 0 Å². The topological polar surface area (TPSA) is 46.3 Å². The van der Waals surface area contributed by atoms with E-state index in [1.54, 1.807) is 4.90 Å². The highest BCUT2D eigenvalue weighted by Crippen LogP contribution is 2.24. The van der Waals surface area contributed by atoms with Crippen LogP contribution in [-0.2, 0) is 0 Å². The summed E-state index contributed by atoms with van der Waals surface area (Å²) >= 11 is 0. The molecule has 0 radical (unpaired) electrons. The number of benzene rings is 1. The quantitative estimate of drug-likeness (QED) is 0.850. The van der Waals surface area contributed by atoms with Crippen LogP contribution in [0.5, 0.6) is 0 Å². The Morgan fingerprint density at radius 3 is 2.52 bits per heavy atom. The number of hydrogen-bond donors (Lipinski definition) is 1. The molecule has 114 valence electrons. The molecule has 1 unspecified atom stereocenters. The number of amides is 1. The summed E-state index contributed by atoms with van der Waals surface area (Å²) in [6.45, 7) is 10.8. The number of nitrogens with zero attached hydrogens (tertiary/aromatic N) is 1. The monoisotopic (exact) mass is 286 g/mol. The smallest absolute Gasteiger partial charge is 0.253 e. The van der Waals surface area contributed by atoms with E-state index in [4.69, 9.17) is 5.73 Å². The van der Waals surface area contributed by atoms with Crippen LogP contribution in [0.1, 0.15) is 49.2 Å². The molecule has 0 aliphatic rings. The molecule has 1 rings (SSSR count). The molecular formula is C18H26N2O. The fourth-order valence-corrected chi connectivity index (χ4v) is 2.00. The molecule has 1 amide bonds. The number of carbonyl (C=O) groups is 1. The Balaban J connectivity index is 3.08. The predicted molar refractivity (Wildman–Crippen MR) is 88.1 cm³/mol. The Morgan fingerprint density at radius 1 is 1.38 bits per heavy atom. The third kappa shape index (κ3) is 4.34. The van der Waals surface area contributed by atoms with Crippen LogP contribution in [0.2, 0.25) is 0 Å². The van der Waals surface area contributed by atoms with Crippen LogP contribution in [0.4, 0.5) is 0 Å². The SMILES string of the molecule is Cc1ccc(C(=O)N(C)C(C)C(C)(C)C)cc1C#CCN. The van der Waals surface area contributed by atoms with Gasteiger partial charge < -0.3 is 10.6 Å². The summed E-state index contributed by atoms with van der Waals surface area (Å²) < 4.78 is 0. The molecule has 1 atom stereocenters. The minimum absolute atomic E-state index is 0.0215. The molecule has 0 aliphatic heterocycles. The summed E-state index contributed by atoms with van der Waals surface area (Å²) in [5.74, 6) is 5.88.